The Morgan fingerprint density at radius 1 is 1.10 bits per heavy atom. The summed E-state index contributed by atoms with van der Waals surface area (Å²) in [4.78, 5) is 12.5. The van der Waals surface area contributed by atoms with Crippen molar-refractivity contribution in [2.75, 3.05) is 5.73 Å². The zero-order valence-electron chi connectivity index (χ0n) is 11.4. The minimum absolute atomic E-state index is 0.0174. The van der Waals surface area contributed by atoms with E-state index in [1.807, 2.05) is 12.1 Å². The highest BCUT2D eigenvalue weighted by Gasteiger charge is 2.50. The lowest BCUT2D eigenvalue weighted by Gasteiger charge is -2.15. The van der Waals surface area contributed by atoms with Gasteiger partial charge in [0.25, 0.3) is 0 Å². The lowest BCUT2D eigenvalue weighted by Crippen LogP contribution is -2.23. The van der Waals surface area contributed by atoms with Gasteiger partial charge in [-0.3, -0.25) is 4.79 Å². The van der Waals surface area contributed by atoms with Gasteiger partial charge in [0.05, 0.1) is 5.41 Å². The Labute approximate surface area is 121 Å². The van der Waals surface area contributed by atoms with Crippen LogP contribution in [0.4, 0.5) is 14.5 Å². The normalized spacial score (nSPS) is 15.7. The van der Waals surface area contributed by atoms with Gasteiger partial charge in [-0.2, -0.15) is 0 Å². The van der Waals surface area contributed by atoms with Crippen LogP contribution in [0.1, 0.15) is 24.0 Å². The summed E-state index contributed by atoms with van der Waals surface area (Å²) in [5.41, 5.74) is 6.94. The van der Waals surface area contributed by atoms with Crippen molar-refractivity contribution in [3.8, 4) is 0 Å². The van der Waals surface area contributed by atoms with Crippen molar-refractivity contribution in [1.82, 2.24) is 0 Å². The van der Waals surface area contributed by atoms with Crippen LogP contribution >= 0.6 is 0 Å². The second-order valence-corrected chi connectivity index (χ2v) is 5.54. The fraction of sp³-hybridized carbons (Fsp3) is 0.235. The zero-order chi connectivity index (χ0) is 15.0. The predicted octanol–water partition coefficient (Wildman–Crippen LogP) is 3.39. The number of halogens is 2. The van der Waals surface area contributed by atoms with Crippen molar-refractivity contribution >= 4 is 11.5 Å². The fourth-order valence-electron chi connectivity index (χ4n) is 2.66. The average Bonchev–Trinajstić information content (AvgIpc) is 3.24. The van der Waals surface area contributed by atoms with Crippen LogP contribution in [0.5, 0.6) is 0 Å². The third-order valence-corrected chi connectivity index (χ3v) is 4.11. The van der Waals surface area contributed by atoms with Crippen LogP contribution in [0.3, 0.4) is 0 Å². The second-order valence-electron chi connectivity index (χ2n) is 5.54. The molecule has 0 atom stereocenters. The summed E-state index contributed by atoms with van der Waals surface area (Å²) < 4.78 is 26.6. The number of hydrogen-bond acceptors (Lipinski definition) is 2. The molecule has 108 valence electrons. The Hall–Kier alpha value is -2.23. The summed E-state index contributed by atoms with van der Waals surface area (Å²) in [6.45, 7) is 0. The molecular formula is C17H15F2NO. The SMILES string of the molecule is Nc1ccc(C2(C(=O)Cc3ccc(F)cc3F)CC2)cc1. The van der Waals surface area contributed by atoms with E-state index in [0.29, 0.717) is 5.69 Å². The largest absolute Gasteiger partial charge is 0.399 e. The Kier molecular flexibility index (Phi) is 3.24. The molecule has 2 N–H and O–H groups in total. The van der Waals surface area contributed by atoms with Crippen LogP contribution in [-0.4, -0.2) is 5.78 Å². The molecule has 21 heavy (non-hydrogen) atoms. The van der Waals surface area contributed by atoms with E-state index in [0.717, 1.165) is 24.5 Å². The molecule has 2 aromatic carbocycles. The molecule has 0 amide bonds. The molecule has 0 radical (unpaired) electrons. The number of anilines is 1. The van der Waals surface area contributed by atoms with Crippen LogP contribution in [0.25, 0.3) is 0 Å². The smallest absolute Gasteiger partial charge is 0.147 e. The topological polar surface area (TPSA) is 43.1 Å². The van der Waals surface area contributed by atoms with Crippen molar-refractivity contribution < 1.29 is 13.6 Å². The standard InChI is InChI=1S/C17H15F2NO/c18-13-4-1-11(15(19)10-13)9-16(21)17(7-8-17)12-2-5-14(20)6-3-12/h1-6,10H,7-9,20H2. The first-order valence-electron chi connectivity index (χ1n) is 6.84. The molecule has 2 aromatic rings. The Morgan fingerprint density at radius 3 is 2.33 bits per heavy atom. The van der Waals surface area contributed by atoms with E-state index in [1.54, 1.807) is 12.1 Å². The van der Waals surface area contributed by atoms with E-state index >= 15 is 0 Å². The highest BCUT2D eigenvalue weighted by atomic mass is 19.1. The maximum Gasteiger partial charge on any atom is 0.147 e. The van der Waals surface area contributed by atoms with Crippen LogP contribution in [-0.2, 0) is 16.6 Å². The molecule has 0 spiro atoms. The van der Waals surface area contributed by atoms with Crippen LogP contribution in [0, 0.1) is 11.6 Å². The molecule has 3 rings (SSSR count). The van der Waals surface area contributed by atoms with Gasteiger partial charge in [0.15, 0.2) is 0 Å². The van der Waals surface area contributed by atoms with Gasteiger partial charge in [-0.1, -0.05) is 18.2 Å². The first-order chi connectivity index (χ1) is 10.0. The highest BCUT2D eigenvalue weighted by molar-refractivity contribution is 5.94. The molecule has 0 bridgehead atoms. The summed E-state index contributed by atoms with van der Waals surface area (Å²) in [5, 5.41) is 0. The number of carbonyl (C=O) groups excluding carboxylic acids is 1. The van der Waals surface area contributed by atoms with E-state index in [9.17, 15) is 13.6 Å². The van der Waals surface area contributed by atoms with Crippen LogP contribution in [0.15, 0.2) is 42.5 Å². The number of carbonyl (C=O) groups is 1. The summed E-state index contributed by atoms with van der Waals surface area (Å²) >= 11 is 0. The monoisotopic (exact) mass is 287 g/mol. The van der Waals surface area contributed by atoms with Crippen molar-refractivity contribution in [2.24, 2.45) is 0 Å². The van der Waals surface area contributed by atoms with Gasteiger partial charge >= 0.3 is 0 Å². The third kappa shape index (κ3) is 2.53. The van der Waals surface area contributed by atoms with Crippen LogP contribution in [0.2, 0.25) is 0 Å². The van der Waals surface area contributed by atoms with Crippen molar-refractivity contribution in [1.29, 1.82) is 0 Å². The number of nitrogens with two attached hydrogens (primary N) is 1. The van der Waals surface area contributed by atoms with E-state index < -0.39 is 17.0 Å². The third-order valence-electron chi connectivity index (χ3n) is 4.11. The summed E-state index contributed by atoms with van der Waals surface area (Å²) in [6.07, 6.45) is 1.51. The van der Waals surface area contributed by atoms with Crippen molar-refractivity contribution in [2.45, 2.75) is 24.7 Å². The molecule has 0 saturated heterocycles. The molecule has 0 aromatic heterocycles. The molecule has 2 nitrogen and oxygen atoms in total. The molecule has 1 saturated carbocycles. The average molecular weight is 287 g/mol. The minimum Gasteiger partial charge on any atom is -0.399 e. The van der Waals surface area contributed by atoms with Gasteiger partial charge in [-0.05, 0) is 42.2 Å². The lowest BCUT2D eigenvalue weighted by atomic mass is 9.88. The second kappa shape index (κ2) is 4.95. The quantitative estimate of drug-likeness (QED) is 0.876. The Balaban J connectivity index is 1.83. The van der Waals surface area contributed by atoms with E-state index in [4.69, 9.17) is 5.73 Å². The number of nitrogen functional groups attached to an aromatic ring is 1. The Morgan fingerprint density at radius 2 is 1.76 bits per heavy atom. The first kappa shape index (κ1) is 13.7. The molecule has 0 heterocycles. The fourth-order valence-corrected chi connectivity index (χ4v) is 2.66. The maximum atomic E-state index is 13.7. The van der Waals surface area contributed by atoms with Crippen LogP contribution < -0.4 is 5.73 Å². The number of hydrogen-bond donors (Lipinski definition) is 1. The number of ketones is 1. The van der Waals surface area contributed by atoms with Crippen molar-refractivity contribution in [3.63, 3.8) is 0 Å². The van der Waals surface area contributed by atoms with Gasteiger partial charge in [-0.15, -0.1) is 0 Å². The summed E-state index contributed by atoms with van der Waals surface area (Å²) in [7, 11) is 0. The molecule has 0 aliphatic heterocycles. The molecule has 4 heteroatoms. The van der Waals surface area contributed by atoms with E-state index in [2.05, 4.69) is 0 Å². The number of rotatable bonds is 4. The molecule has 0 unspecified atom stereocenters. The lowest BCUT2D eigenvalue weighted by molar-refractivity contribution is -0.120. The maximum absolute atomic E-state index is 13.7. The summed E-state index contributed by atoms with van der Waals surface area (Å²) in [5.74, 6) is -1.34. The van der Waals surface area contributed by atoms with Crippen molar-refractivity contribution in [3.05, 3.63) is 65.2 Å². The number of Topliss-reactive ketones (excluding diaryl/α,β-unsaturated/α-hetero) is 1. The zero-order valence-corrected chi connectivity index (χ0v) is 11.4. The van der Waals surface area contributed by atoms with E-state index in [1.165, 1.54) is 12.1 Å². The first-order valence-corrected chi connectivity index (χ1v) is 6.84. The van der Waals surface area contributed by atoms with Gasteiger partial charge < -0.3 is 5.73 Å². The van der Waals surface area contributed by atoms with E-state index in [-0.39, 0.29) is 17.8 Å². The van der Waals surface area contributed by atoms with Gasteiger partial charge in [-0.25, -0.2) is 8.78 Å². The predicted molar refractivity (Wildman–Crippen MR) is 76.8 cm³/mol. The minimum atomic E-state index is -0.670. The van der Waals surface area contributed by atoms with Gasteiger partial charge in [0, 0.05) is 18.2 Å². The van der Waals surface area contributed by atoms with Gasteiger partial charge in [0.1, 0.15) is 17.4 Å². The Bertz CT molecular complexity index is 690. The molecule has 1 aliphatic rings. The number of benzene rings is 2. The molecule has 1 fully saturated rings. The molecule has 1 aliphatic carbocycles. The highest BCUT2D eigenvalue weighted by Crippen LogP contribution is 2.49. The molecular weight excluding hydrogens is 272 g/mol. The van der Waals surface area contributed by atoms with Gasteiger partial charge in [0.2, 0.25) is 0 Å². The summed E-state index contributed by atoms with van der Waals surface area (Å²) in [6, 6.07) is 10.5.